The molecular weight excluding hydrogens is 262 g/mol. The van der Waals surface area contributed by atoms with Crippen LogP contribution in [0.25, 0.3) is 6.08 Å². The zero-order valence-electron chi connectivity index (χ0n) is 11.0. The molecule has 2 rings (SSSR count). The van der Waals surface area contributed by atoms with Crippen LogP contribution in [0.4, 0.5) is 0 Å². The maximum Gasteiger partial charge on any atom is 0.328 e. The van der Waals surface area contributed by atoms with Crippen molar-refractivity contribution in [1.82, 2.24) is 4.90 Å². The summed E-state index contributed by atoms with van der Waals surface area (Å²) in [6.07, 6.45) is 4.21. The minimum atomic E-state index is -0.910. The Bertz CT molecular complexity index is 455. The predicted molar refractivity (Wildman–Crippen MR) is 76.3 cm³/mol. The molecule has 0 bridgehead atoms. The number of aliphatic carboxylic acids is 1. The highest BCUT2D eigenvalue weighted by molar-refractivity contribution is 7.10. The van der Waals surface area contributed by atoms with Gasteiger partial charge < -0.3 is 9.84 Å². The van der Waals surface area contributed by atoms with Gasteiger partial charge in [0.15, 0.2) is 0 Å². The molecule has 1 aliphatic heterocycles. The molecule has 1 saturated heterocycles. The van der Waals surface area contributed by atoms with Gasteiger partial charge in [-0.2, -0.15) is 0 Å². The molecule has 2 heterocycles. The molecule has 1 aromatic heterocycles. The van der Waals surface area contributed by atoms with E-state index >= 15 is 0 Å². The van der Waals surface area contributed by atoms with Crippen molar-refractivity contribution in [2.75, 3.05) is 19.7 Å². The Labute approximate surface area is 117 Å². The zero-order valence-corrected chi connectivity index (χ0v) is 11.9. The first-order valence-electron chi connectivity index (χ1n) is 6.49. The Kier molecular flexibility index (Phi) is 5.13. The van der Waals surface area contributed by atoms with Crippen LogP contribution in [0.2, 0.25) is 0 Å². The first kappa shape index (κ1) is 14.2. The highest BCUT2D eigenvalue weighted by Gasteiger charge is 2.19. The van der Waals surface area contributed by atoms with E-state index < -0.39 is 5.97 Å². The average molecular weight is 281 g/mol. The molecule has 0 radical (unpaired) electrons. The number of carboxylic acids is 1. The summed E-state index contributed by atoms with van der Waals surface area (Å²) >= 11 is 1.68. The largest absolute Gasteiger partial charge is 0.478 e. The molecule has 104 valence electrons. The van der Waals surface area contributed by atoms with E-state index in [4.69, 9.17) is 9.84 Å². The second kappa shape index (κ2) is 6.84. The Morgan fingerprint density at radius 1 is 1.68 bits per heavy atom. The molecule has 5 heteroatoms. The third-order valence-electron chi connectivity index (χ3n) is 3.15. The van der Waals surface area contributed by atoms with Crippen LogP contribution < -0.4 is 0 Å². The van der Waals surface area contributed by atoms with Crippen LogP contribution in [0.3, 0.4) is 0 Å². The van der Waals surface area contributed by atoms with Crippen LogP contribution in [-0.4, -0.2) is 41.8 Å². The van der Waals surface area contributed by atoms with Crippen LogP contribution >= 0.6 is 11.3 Å². The molecule has 4 nitrogen and oxygen atoms in total. The first-order chi connectivity index (χ1) is 9.17. The highest BCUT2D eigenvalue weighted by Crippen LogP contribution is 2.19. The fourth-order valence-corrected chi connectivity index (χ4v) is 3.02. The van der Waals surface area contributed by atoms with E-state index in [1.807, 2.05) is 5.38 Å². The first-order valence-corrected chi connectivity index (χ1v) is 7.37. The lowest BCUT2D eigenvalue weighted by Crippen LogP contribution is -2.41. The summed E-state index contributed by atoms with van der Waals surface area (Å²) in [4.78, 5) is 14.1. The van der Waals surface area contributed by atoms with Crippen molar-refractivity contribution in [2.45, 2.75) is 26.0 Å². The third-order valence-corrected chi connectivity index (χ3v) is 4.09. The molecule has 1 aromatic rings. The summed E-state index contributed by atoms with van der Waals surface area (Å²) in [5, 5.41) is 10.6. The molecule has 0 spiro atoms. The summed E-state index contributed by atoms with van der Waals surface area (Å²) in [6.45, 7) is 5.82. The van der Waals surface area contributed by atoms with E-state index in [1.54, 1.807) is 17.4 Å². The number of hydrogen-bond donors (Lipinski definition) is 1. The predicted octanol–water partition coefficient (Wildman–Crippen LogP) is 2.46. The molecule has 1 atom stereocenters. The van der Waals surface area contributed by atoms with Gasteiger partial charge in [0.25, 0.3) is 0 Å². The number of nitrogens with zero attached hydrogens (tertiary/aromatic N) is 1. The fourth-order valence-electron chi connectivity index (χ4n) is 2.13. The second-order valence-corrected chi connectivity index (χ2v) is 5.65. The lowest BCUT2D eigenvalue weighted by molar-refractivity contribution is -0.131. The lowest BCUT2D eigenvalue weighted by Gasteiger charge is -2.32. The maximum atomic E-state index is 10.5. The van der Waals surface area contributed by atoms with E-state index in [0.29, 0.717) is 6.10 Å². The number of thiophene rings is 1. The van der Waals surface area contributed by atoms with Crippen LogP contribution in [0.15, 0.2) is 17.5 Å². The van der Waals surface area contributed by atoms with Crippen molar-refractivity contribution in [3.05, 3.63) is 28.0 Å². The normalized spacial score (nSPS) is 21.0. The van der Waals surface area contributed by atoms with E-state index in [1.165, 1.54) is 11.0 Å². The van der Waals surface area contributed by atoms with E-state index in [0.717, 1.165) is 38.2 Å². The van der Waals surface area contributed by atoms with Crippen LogP contribution in [0.1, 0.15) is 23.8 Å². The van der Waals surface area contributed by atoms with Crippen molar-refractivity contribution in [1.29, 1.82) is 0 Å². The molecule has 1 unspecified atom stereocenters. The van der Waals surface area contributed by atoms with Crippen molar-refractivity contribution in [2.24, 2.45) is 0 Å². The third kappa shape index (κ3) is 4.45. The van der Waals surface area contributed by atoms with Gasteiger partial charge in [-0.3, -0.25) is 4.90 Å². The van der Waals surface area contributed by atoms with Crippen molar-refractivity contribution < 1.29 is 14.6 Å². The summed E-state index contributed by atoms with van der Waals surface area (Å²) in [6, 6.07) is 2.06. The molecule has 0 amide bonds. The standard InChI is InChI=1S/C14H19NO3S/c1-2-12-8-15(5-6-18-12)9-13-7-11(10-19-13)3-4-14(16)17/h3-4,7,10,12H,2,5-6,8-9H2,1H3,(H,16,17). The van der Waals surface area contributed by atoms with Crippen molar-refractivity contribution in [3.8, 4) is 0 Å². The SMILES string of the molecule is CCC1CN(Cc2cc(C=CC(=O)O)cs2)CCO1. The lowest BCUT2D eigenvalue weighted by atomic mass is 10.2. The van der Waals surface area contributed by atoms with Gasteiger partial charge >= 0.3 is 5.97 Å². The number of carbonyl (C=O) groups is 1. The molecule has 0 saturated carbocycles. The van der Waals surface area contributed by atoms with Gasteiger partial charge in [0.2, 0.25) is 0 Å². The quantitative estimate of drug-likeness (QED) is 0.842. The minimum absolute atomic E-state index is 0.347. The van der Waals surface area contributed by atoms with Crippen LogP contribution in [0, 0.1) is 0 Å². The molecule has 19 heavy (non-hydrogen) atoms. The van der Waals surface area contributed by atoms with Crippen molar-refractivity contribution >= 4 is 23.4 Å². The number of hydrogen-bond acceptors (Lipinski definition) is 4. The molecule has 1 fully saturated rings. The number of ether oxygens (including phenoxy) is 1. The summed E-state index contributed by atoms with van der Waals surface area (Å²) in [7, 11) is 0. The highest BCUT2D eigenvalue weighted by atomic mass is 32.1. The number of morpholine rings is 1. The van der Waals surface area contributed by atoms with E-state index in [9.17, 15) is 4.79 Å². The number of rotatable bonds is 5. The monoisotopic (exact) mass is 281 g/mol. The van der Waals surface area contributed by atoms with Gasteiger partial charge in [-0.15, -0.1) is 11.3 Å². The Hall–Kier alpha value is -1.17. The van der Waals surface area contributed by atoms with Crippen molar-refractivity contribution in [3.63, 3.8) is 0 Å². The van der Waals surface area contributed by atoms with Gasteiger partial charge in [0.05, 0.1) is 12.7 Å². The maximum absolute atomic E-state index is 10.5. The van der Waals surface area contributed by atoms with Gasteiger partial charge in [-0.25, -0.2) is 4.79 Å². The molecule has 0 aromatic carbocycles. The average Bonchev–Trinajstić information content (AvgIpc) is 2.84. The second-order valence-electron chi connectivity index (χ2n) is 4.65. The molecule has 1 aliphatic rings. The minimum Gasteiger partial charge on any atom is -0.478 e. The molecule has 0 aliphatic carbocycles. The molecular formula is C14H19NO3S. The Morgan fingerprint density at radius 2 is 2.53 bits per heavy atom. The Morgan fingerprint density at radius 3 is 3.26 bits per heavy atom. The fraction of sp³-hybridized carbons (Fsp3) is 0.500. The summed E-state index contributed by atoms with van der Waals surface area (Å²) in [5.74, 6) is -0.910. The van der Waals surface area contributed by atoms with Crippen LogP contribution in [0.5, 0.6) is 0 Å². The van der Waals surface area contributed by atoms with Gasteiger partial charge in [-0.05, 0) is 29.5 Å². The van der Waals surface area contributed by atoms with Gasteiger partial charge in [0.1, 0.15) is 0 Å². The van der Waals surface area contributed by atoms with E-state index in [2.05, 4.69) is 17.9 Å². The zero-order chi connectivity index (χ0) is 13.7. The Balaban J connectivity index is 1.90. The number of carboxylic acid groups (broad SMARTS) is 1. The van der Waals surface area contributed by atoms with Gasteiger partial charge in [0, 0.05) is 30.6 Å². The smallest absolute Gasteiger partial charge is 0.328 e. The van der Waals surface area contributed by atoms with E-state index in [-0.39, 0.29) is 0 Å². The van der Waals surface area contributed by atoms with Crippen LogP contribution in [-0.2, 0) is 16.1 Å². The molecule has 1 N–H and O–H groups in total. The van der Waals surface area contributed by atoms with Gasteiger partial charge in [-0.1, -0.05) is 6.92 Å². The summed E-state index contributed by atoms with van der Waals surface area (Å²) < 4.78 is 5.65. The topological polar surface area (TPSA) is 49.8 Å². The summed E-state index contributed by atoms with van der Waals surface area (Å²) in [5.41, 5.74) is 0.961.